The van der Waals surface area contributed by atoms with Gasteiger partial charge >= 0.3 is 0 Å². The summed E-state index contributed by atoms with van der Waals surface area (Å²) >= 11 is 3.43. The maximum absolute atomic E-state index is 13.4. The van der Waals surface area contributed by atoms with Crippen LogP contribution in [0.25, 0.3) is 11.4 Å². The third kappa shape index (κ3) is 4.58. The van der Waals surface area contributed by atoms with E-state index >= 15 is 0 Å². The van der Waals surface area contributed by atoms with E-state index in [2.05, 4.69) is 45.1 Å². The maximum atomic E-state index is 13.4. The molecule has 1 heterocycles. The molecular weight excluding hydrogens is 333 g/mol. The molecule has 0 atom stereocenters. The molecule has 0 radical (unpaired) electrons. The van der Waals surface area contributed by atoms with Gasteiger partial charge in [-0.15, -0.1) is 0 Å². The molecular formula is C16H19BrFN3. The van der Waals surface area contributed by atoms with Crippen LogP contribution in [-0.4, -0.2) is 16.5 Å². The third-order valence-corrected chi connectivity index (χ3v) is 3.63. The molecule has 0 saturated carbocycles. The van der Waals surface area contributed by atoms with Crippen LogP contribution in [0.3, 0.4) is 0 Å². The summed E-state index contributed by atoms with van der Waals surface area (Å²) in [6.45, 7) is 7.86. The van der Waals surface area contributed by atoms with Crippen molar-refractivity contribution in [3.05, 3.63) is 45.9 Å². The van der Waals surface area contributed by atoms with Gasteiger partial charge in [-0.25, -0.2) is 14.4 Å². The van der Waals surface area contributed by atoms with E-state index in [0.717, 1.165) is 22.4 Å². The van der Waals surface area contributed by atoms with Crippen LogP contribution in [0.5, 0.6) is 0 Å². The first-order chi connectivity index (χ1) is 9.95. The Morgan fingerprint density at radius 1 is 1.24 bits per heavy atom. The summed E-state index contributed by atoms with van der Waals surface area (Å²) in [6.07, 6.45) is 0. The summed E-state index contributed by atoms with van der Waals surface area (Å²) in [5.74, 6) is 0.838. The molecule has 1 aromatic carbocycles. The molecule has 2 aromatic rings. The number of benzene rings is 1. The van der Waals surface area contributed by atoms with Crippen molar-refractivity contribution in [2.75, 3.05) is 6.54 Å². The lowest BCUT2D eigenvalue weighted by Gasteiger charge is -2.10. The lowest BCUT2D eigenvalue weighted by Crippen LogP contribution is -2.20. The zero-order valence-electron chi connectivity index (χ0n) is 12.5. The Hall–Kier alpha value is -1.33. The number of rotatable bonds is 5. The Morgan fingerprint density at radius 2 is 2.00 bits per heavy atom. The van der Waals surface area contributed by atoms with Gasteiger partial charge in [0.05, 0.1) is 5.69 Å². The number of hydrogen-bond donors (Lipinski definition) is 1. The van der Waals surface area contributed by atoms with Crippen molar-refractivity contribution in [3.63, 3.8) is 0 Å². The summed E-state index contributed by atoms with van der Waals surface area (Å²) in [5.41, 5.74) is 2.45. The fourth-order valence-electron chi connectivity index (χ4n) is 2.00. The molecule has 0 aliphatic rings. The Labute approximate surface area is 133 Å². The predicted molar refractivity (Wildman–Crippen MR) is 86.4 cm³/mol. The second-order valence-corrected chi connectivity index (χ2v) is 6.33. The van der Waals surface area contributed by atoms with Gasteiger partial charge in [0.2, 0.25) is 0 Å². The van der Waals surface area contributed by atoms with Crippen molar-refractivity contribution in [1.82, 2.24) is 15.3 Å². The lowest BCUT2D eigenvalue weighted by molar-refractivity contribution is 0.548. The smallest absolute Gasteiger partial charge is 0.160 e. The van der Waals surface area contributed by atoms with Crippen LogP contribution in [0.1, 0.15) is 25.2 Å². The molecule has 0 aliphatic heterocycles. The van der Waals surface area contributed by atoms with Crippen LogP contribution in [0, 0.1) is 18.7 Å². The van der Waals surface area contributed by atoms with Crippen molar-refractivity contribution in [2.45, 2.75) is 27.3 Å². The molecule has 1 aromatic heterocycles. The molecule has 0 aliphatic carbocycles. The van der Waals surface area contributed by atoms with Gasteiger partial charge in [-0.05, 0) is 43.7 Å². The molecule has 21 heavy (non-hydrogen) atoms. The van der Waals surface area contributed by atoms with E-state index in [1.807, 2.05) is 13.0 Å². The minimum Gasteiger partial charge on any atom is -0.311 e. The zero-order valence-corrected chi connectivity index (χ0v) is 14.0. The Kier molecular flexibility index (Phi) is 5.42. The molecule has 0 unspecified atom stereocenters. The van der Waals surface area contributed by atoms with Gasteiger partial charge in [0.25, 0.3) is 0 Å². The van der Waals surface area contributed by atoms with Crippen LogP contribution in [0.2, 0.25) is 0 Å². The molecule has 1 N–H and O–H groups in total. The second kappa shape index (κ2) is 7.09. The number of aromatic nitrogens is 2. The van der Waals surface area contributed by atoms with E-state index in [1.54, 1.807) is 6.07 Å². The summed E-state index contributed by atoms with van der Waals surface area (Å²) in [5, 5.41) is 3.36. The van der Waals surface area contributed by atoms with Crippen LogP contribution in [0.15, 0.2) is 28.7 Å². The van der Waals surface area contributed by atoms with Gasteiger partial charge in [0.1, 0.15) is 5.82 Å². The molecule has 5 heteroatoms. The van der Waals surface area contributed by atoms with Crippen molar-refractivity contribution < 1.29 is 4.39 Å². The Morgan fingerprint density at radius 3 is 2.71 bits per heavy atom. The normalized spacial score (nSPS) is 11.1. The largest absolute Gasteiger partial charge is 0.311 e. The molecule has 0 saturated heterocycles. The van der Waals surface area contributed by atoms with E-state index in [4.69, 9.17) is 0 Å². The molecule has 3 nitrogen and oxygen atoms in total. The van der Waals surface area contributed by atoms with Crippen molar-refractivity contribution >= 4 is 15.9 Å². The van der Waals surface area contributed by atoms with E-state index in [-0.39, 0.29) is 5.82 Å². The minimum atomic E-state index is -0.294. The highest BCUT2D eigenvalue weighted by atomic mass is 79.9. The quantitative estimate of drug-likeness (QED) is 0.881. The van der Waals surface area contributed by atoms with Crippen molar-refractivity contribution in [3.8, 4) is 11.4 Å². The summed E-state index contributed by atoms with van der Waals surface area (Å²) in [4.78, 5) is 8.95. The van der Waals surface area contributed by atoms with E-state index in [0.29, 0.717) is 23.9 Å². The zero-order chi connectivity index (χ0) is 15.4. The van der Waals surface area contributed by atoms with E-state index < -0.39 is 0 Å². The van der Waals surface area contributed by atoms with Crippen molar-refractivity contribution in [1.29, 1.82) is 0 Å². The molecule has 2 rings (SSSR count). The number of halogens is 2. The van der Waals surface area contributed by atoms with Gasteiger partial charge in [-0.1, -0.05) is 29.8 Å². The van der Waals surface area contributed by atoms with Gasteiger partial charge in [0, 0.05) is 22.3 Å². The fourth-order valence-corrected chi connectivity index (χ4v) is 2.43. The van der Waals surface area contributed by atoms with E-state index in [1.165, 1.54) is 12.1 Å². The average molecular weight is 352 g/mol. The first-order valence-corrected chi connectivity index (χ1v) is 7.75. The van der Waals surface area contributed by atoms with Gasteiger partial charge in [-0.2, -0.15) is 0 Å². The van der Waals surface area contributed by atoms with Crippen LogP contribution < -0.4 is 5.32 Å². The summed E-state index contributed by atoms with van der Waals surface area (Å²) in [6, 6.07) is 6.48. The fraction of sp³-hybridized carbons (Fsp3) is 0.375. The first-order valence-electron chi connectivity index (χ1n) is 6.96. The molecule has 0 amide bonds. The highest BCUT2D eigenvalue weighted by Crippen LogP contribution is 2.26. The molecule has 0 fully saturated rings. The standard InChI is InChI=1S/C16H19BrFN3/c1-10(2)8-19-9-13-6-11(3)20-16(21-13)14-7-12(18)4-5-15(14)17/h4-7,10,19H,8-9H2,1-3H3. The highest BCUT2D eigenvalue weighted by molar-refractivity contribution is 9.10. The number of nitrogens with one attached hydrogen (secondary N) is 1. The molecule has 0 spiro atoms. The molecule has 112 valence electrons. The van der Waals surface area contributed by atoms with Crippen LogP contribution >= 0.6 is 15.9 Å². The van der Waals surface area contributed by atoms with Gasteiger partial charge < -0.3 is 5.32 Å². The monoisotopic (exact) mass is 351 g/mol. The highest BCUT2D eigenvalue weighted by Gasteiger charge is 2.10. The van der Waals surface area contributed by atoms with Gasteiger partial charge in [-0.3, -0.25) is 0 Å². The minimum absolute atomic E-state index is 0.294. The number of nitrogens with zero attached hydrogens (tertiary/aromatic N) is 2. The van der Waals surface area contributed by atoms with E-state index in [9.17, 15) is 4.39 Å². The van der Waals surface area contributed by atoms with Crippen LogP contribution in [-0.2, 0) is 6.54 Å². The number of aryl methyl sites for hydroxylation is 1. The summed E-state index contributed by atoms with van der Waals surface area (Å²) in [7, 11) is 0. The first kappa shape index (κ1) is 16.0. The average Bonchev–Trinajstić information content (AvgIpc) is 2.40. The lowest BCUT2D eigenvalue weighted by atomic mass is 10.2. The van der Waals surface area contributed by atoms with Crippen molar-refractivity contribution in [2.24, 2.45) is 5.92 Å². The third-order valence-electron chi connectivity index (χ3n) is 2.94. The maximum Gasteiger partial charge on any atom is 0.160 e. The second-order valence-electron chi connectivity index (χ2n) is 5.47. The Balaban J connectivity index is 2.28. The SMILES string of the molecule is Cc1cc(CNCC(C)C)nc(-c2cc(F)ccc2Br)n1. The predicted octanol–water partition coefficient (Wildman–Crippen LogP) is 4.10. The topological polar surface area (TPSA) is 37.8 Å². The number of hydrogen-bond acceptors (Lipinski definition) is 3. The van der Waals surface area contributed by atoms with Crippen LogP contribution in [0.4, 0.5) is 4.39 Å². The van der Waals surface area contributed by atoms with Gasteiger partial charge in [0.15, 0.2) is 5.82 Å². The molecule has 0 bridgehead atoms. The summed E-state index contributed by atoms with van der Waals surface area (Å²) < 4.78 is 14.2. The Bertz CT molecular complexity index is 629.